The lowest BCUT2D eigenvalue weighted by Crippen LogP contribution is -2.13. The Morgan fingerprint density at radius 2 is 1.90 bits per heavy atom. The smallest absolute Gasteiger partial charge is 0.123 e. The molecule has 0 fully saturated rings. The first kappa shape index (κ1) is 16.1. The van der Waals surface area contributed by atoms with Gasteiger partial charge in [0, 0.05) is 23.5 Å². The van der Waals surface area contributed by atoms with Crippen molar-refractivity contribution in [2.24, 2.45) is 0 Å². The Balaban J connectivity index is 1.76. The second kappa shape index (κ2) is 9.59. The monoisotopic (exact) mass is 303 g/mol. The zero-order valence-electron chi connectivity index (χ0n) is 12.8. The topological polar surface area (TPSA) is 21.3 Å². The summed E-state index contributed by atoms with van der Waals surface area (Å²) in [6, 6.07) is 12.6. The Kier molecular flexibility index (Phi) is 7.33. The molecule has 0 radical (unpaired) electrons. The van der Waals surface area contributed by atoms with E-state index in [1.807, 2.05) is 6.07 Å². The fourth-order valence-electron chi connectivity index (χ4n) is 2.24. The Morgan fingerprint density at radius 3 is 2.71 bits per heavy atom. The average Bonchev–Trinajstić information content (AvgIpc) is 3.02. The van der Waals surface area contributed by atoms with E-state index in [0.717, 1.165) is 31.9 Å². The number of hydrogen-bond donors (Lipinski definition) is 1. The van der Waals surface area contributed by atoms with Gasteiger partial charge in [-0.25, -0.2) is 0 Å². The summed E-state index contributed by atoms with van der Waals surface area (Å²) in [4.78, 5) is 1.37. The number of ether oxygens (including phenoxy) is 1. The molecule has 3 heteroatoms. The SMILES string of the molecule is CCCCCCOc1ccccc1CNCc1cccs1. The van der Waals surface area contributed by atoms with Gasteiger partial charge in [-0.2, -0.15) is 0 Å². The molecule has 21 heavy (non-hydrogen) atoms. The third kappa shape index (κ3) is 5.90. The maximum atomic E-state index is 5.93. The van der Waals surface area contributed by atoms with Gasteiger partial charge in [-0.1, -0.05) is 50.5 Å². The van der Waals surface area contributed by atoms with Crippen LogP contribution in [0, 0.1) is 0 Å². The molecule has 0 saturated heterocycles. The normalized spacial score (nSPS) is 10.7. The lowest BCUT2D eigenvalue weighted by atomic mass is 10.2. The molecule has 0 unspecified atom stereocenters. The summed E-state index contributed by atoms with van der Waals surface area (Å²) in [6.07, 6.45) is 4.97. The molecule has 0 aliphatic carbocycles. The number of hydrogen-bond acceptors (Lipinski definition) is 3. The molecule has 0 atom stereocenters. The highest BCUT2D eigenvalue weighted by Crippen LogP contribution is 2.18. The molecule has 0 bridgehead atoms. The van der Waals surface area contributed by atoms with Crippen LogP contribution in [-0.4, -0.2) is 6.61 Å². The molecular formula is C18H25NOS. The van der Waals surface area contributed by atoms with E-state index in [2.05, 4.69) is 48.0 Å². The van der Waals surface area contributed by atoms with E-state index in [4.69, 9.17) is 4.74 Å². The van der Waals surface area contributed by atoms with Gasteiger partial charge in [-0.3, -0.25) is 0 Å². The molecule has 114 valence electrons. The summed E-state index contributed by atoms with van der Waals surface area (Å²) in [6.45, 7) is 4.82. The molecule has 2 nitrogen and oxygen atoms in total. The van der Waals surface area contributed by atoms with E-state index < -0.39 is 0 Å². The Hall–Kier alpha value is -1.32. The summed E-state index contributed by atoms with van der Waals surface area (Å²) in [5.41, 5.74) is 1.24. The molecule has 1 aromatic carbocycles. The minimum Gasteiger partial charge on any atom is -0.493 e. The zero-order valence-corrected chi connectivity index (χ0v) is 13.6. The van der Waals surface area contributed by atoms with Crippen molar-refractivity contribution < 1.29 is 4.74 Å². The first-order valence-corrected chi connectivity index (χ1v) is 8.72. The second-order valence-corrected chi connectivity index (χ2v) is 6.23. The molecular weight excluding hydrogens is 278 g/mol. The van der Waals surface area contributed by atoms with E-state index in [1.54, 1.807) is 11.3 Å². The lowest BCUT2D eigenvalue weighted by molar-refractivity contribution is 0.301. The Labute approximate surface area is 132 Å². The fraction of sp³-hybridized carbons (Fsp3) is 0.444. The van der Waals surface area contributed by atoms with Gasteiger partial charge in [0.25, 0.3) is 0 Å². The number of nitrogens with one attached hydrogen (secondary N) is 1. The van der Waals surface area contributed by atoms with Gasteiger partial charge in [-0.15, -0.1) is 11.3 Å². The lowest BCUT2D eigenvalue weighted by Gasteiger charge is -2.12. The molecule has 0 saturated carbocycles. The molecule has 0 spiro atoms. The molecule has 1 aromatic heterocycles. The first-order chi connectivity index (χ1) is 10.4. The maximum Gasteiger partial charge on any atom is 0.123 e. The van der Waals surface area contributed by atoms with Crippen LogP contribution < -0.4 is 10.1 Å². The van der Waals surface area contributed by atoms with Gasteiger partial charge in [0.15, 0.2) is 0 Å². The first-order valence-electron chi connectivity index (χ1n) is 7.84. The Bertz CT molecular complexity index is 496. The number of rotatable bonds is 10. The van der Waals surface area contributed by atoms with E-state index in [9.17, 15) is 0 Å². The van der Waals surface area contributed by atoms with Crippen LogP contribution in [0.1, 0.15) is 43.0 Å². The van der Waals surface area contributed by atoms with Gasteiger partial charge in [0.2, 0.25) is 0 Å². The van der Waals surface area contributed by atoms with E-state index in [-0.39, 0.29) is 0 Å². The van der Waals surface area contributed by atoms with Crippen molar-refractivity contribution in [1.29, 1.82) is 0 Å². The van der Waals surface area contributed by atoms with Crippen LogP contribution in [0.15, 0.2) is 41.8 Å². The molecule has 1 heterocycles. The third-order valence-electron chi connectivity index (χ3n) is 3.42. The highest BCUT2D eigenvalue weighted by atomic mass is 32.1. The van der Waals surface area contributed by atoms with Crippen LogP contribution in [0.5, 0.6) is 5.75 Å². The van der Waals surface area contributed by atoms with Crippen LogP contribution >= 0.6 is 11.3 Å². The van der Waals surface area contributed by atoms with Crippen LogP contribution in [0.3, 0.4) is 0 Å². The van der Waals surface area contributed by atoms with E-state index in [1.165, 1.54) is 29.7 Å². The predicted octanol–water partition coefficient (Wildman–Crippen LogP) is 5.00. The van der Waals surface area contributed by atoms with Crippen molar-refractivity contribution in [3.8, 4) is 5.75 Å². The summed E-state index contributed by atoms with van der Waals surface area (Å²) >= 11 is 1.79. The third-order valence-corrected chi connectivity index (χ3v) is 4.30. The highest BCUT2D eigenvalue weighted by Gasteiger charge is 2.03. The predicted molar refractivity (Wildman–Crippen MR) is 90.9 cm³/mol. The van der Waals surface area contributed by atoms with E-state index >= 15 is 0 Å². The van der Waals surface area contributed by atoms with Gasteiger partial charge in [0.1, 0.15) is 5.75 Å². The zero-order chi connectivity index (χ0) is 14.8. The number of para-hydroxylation sites is 1. The van der Waals surface area contributed by atoms with Crippen LogP contribution in [0.2, 0.25) is 0 Å². The standard InChI is InChI=1S/C18H25NOS/c1-2-3-4-7-12-20-18-11-6-5-9-16(18)14-19-15-17-10-8-13-21-17/h5-6,8-11,13,19H,2-4,7,12,14-15H2,1H3. The van der Waals surface area contributed by atoms with Gasteiger partial charge in [-0.05, 0) is 23.9 Å². The van der Waals surface area contributed by atoms with Crippen molar-refractivity contribution >= 4 is 11.3 Å². The molecule has 1 N–H and O–H groups in total. The molecule has 2 rings (SSSR count). The highest BCUT2D eigenvalue weighted by molar-refractivity contribution is 7.09. The van der Waals surface area contributed by atoms with Crippen LogP contribution in [-0.2, 0) is 13.1 Å². The summed E-state index contributed by atoms with van der Waals surface area (Å²) in [5, 5.41) is 5.60. The molecule has 0 amide bonds. The van der Waals surface area contributed by atoms with Crippen molar-refractivity contribution in [1.82, 2.24) is 5.32 Å². The van der Waals surface area contributed by atoms with Gasteiger partial charge >= 0.3 is 0 Å². The average molecular weight is 303 g/mol. The van der Waals surface area contributed by atoms with Crippen LogP contribution in [0.25, 0.3) is 0 Å². The molecule has 2 aromatic rings. The van der Waals surface area contributed by atoms with Crippen molar-refractivity contribution in [3.05, 3.63) is 52.2 Å². The quantitative estimate of drug-likeness (QED) is 0.624. The summed E-state index contributed by atoms with van der Waals surface area (Å²) < 4.78 is 5.93. The minimum atomic E-state index is 0.821. The minimum absolute atomic E-state index is 0.821. The van der Waals surface area contributed by atoms with Crippen molar-refractivity contribution in [2.45, 2.75) is 45.7 Å². The second-order valence-electron chi connectivity index (χ2n) is 5.20. The molecule has 0 aliphatic heterocycles. The fourth-order valence-corrected chi connectivity index (χ4v) is 2.91. The van der Waals surface area contributed by atoms with Crippen molar-refractivity contribution in [3.63, 3.8) is 0 Å². The van der Waals surface area contributed by atoms with Gasteiger partial charge in [0.05, 0.1) is 6.61 Å². The number of benzene rings is 1. The summed E-state index contributed by atoms with van der Waals surface area (Å²) in [7, 11) is 0. The van der Waals surface area contributed by atoms with Gasteiger partial charge < -0.3 is 10.1 Å². The van der Waals surface area contributed by atoms with E-state index in [0.29, 0.717) is 0 Å². The Morgan fingerprint density at radius 1 is 1.00 bits per heavy atom. The van der Waals surface area contributed by atoms with Crippen molar-refractivity contribution in [2.75, 3.05) is 6.61 Å². The molecule has 0 aliphatic rings. The largest absolute Gasteiger partial charge is 0.493 e. The maximum absolute atomic E-state index is 5.93. The summed E-state index contributed by atoms with van der Waals surface area (Å²) in [5.74, 6) is 1.02. The number of unbranched alkanes of at least 4 members (excludes halogenated alkanes) is 3. The number of thiophene rings is 1. The van der Waals surface area contributed by atoms with Crippen LogP contribution in [0.4, 0.5) is 0 Å².